The van der Waals surface area contributed by atoms with Gasteiger partial charge in [0, 0.05) is 30.7 Å². The summed E-state index contributed by atoms with van der Waals surface area (Å²) >= 11 is 0. The second kappa shape index (κ2) is 8.82. The van der Waals surface area contributed by atoms with Crippen LogP contribution < -0.4 is 26.6 Å². The summed E-state index contributed by atoms with van der Waals surface area (Å²) in [5.41, 5.74) is 1.44. The lowest BCUT2D eigenvalue weighted by atomic mass is 9.97. The van der Waals surface area contributed by atoms with Gasteiger partial charge in [-0.1, -0.05) is 6.08 Å². The van der Waals surface area contributed by atoms with Crippen LogP contribution in [0.15, 0.2) is 21.2 Å². The van der Waals surface area contributed by atoms with Crippen LogP contribution in [0.2, 0.25) is 0 Å². The molecule has 2 heterocycles. The third kappa shape index (κ3) is 4.46. The number of H-pyrrole nitrogens is 1. The first kappa shape index (κ1) is 26.0. The van der Waals surface area contributed by atoms with E-state index in [9.17, 15) is 35.9 Å². The van der Waals surface area contributed by atoms with E-state index >= 15 is 4.39 Å². The van der Waals surface area contributed by atoms with Crippen LogP contribution in [0.3, 0.4) is 0 Å². The minimum absolute atomic E-state index is 0.0440. The molecule has 0 spiro atoms. The molecule has 0 amide bonds. The van der Waals surface area contributed by atoms with Gasteiger partial charge in [0.05, 0.1) is 12.5 Å². The van der Waals surface area contributed by atoms with E-state index in [0.29, 0.717) is 12.8 Å². The number of ether oxygens (including phenoxy) is 1. The predicted octanol–water partition coefficient (Wildman–Crippen LogP) is 3.69. The molecule has 1 aromatic carbocycles. The van der Waals surface area contributed by atoms with Gasteiger partial charge in [0.1, 0.15) is 16.8 Å². The molecule has 2 fully saturated rings. The summed E-state index contributed by atoms with van der Waals surface area (Å²) in [4.78, 5) is 28.7. The number of nitrogens with zero attached hydrogens (tertiary/aromatic N) is 2. The number of anilines is 1. The van der Waals surface area contributed by atoms with Crippen molar-refractivity contribution in [2.75, 3.05) is 25.1 Å². The van der Waals surface area contributed by atoms with E-state index in [1.807, 2.05) is 0 Å². The first-order valence-electron chi connectivity index (χ1n) is 11.1. The Morgan fingerprint density at radius 3 is 2.28 bits per heavy atom. The molecule has 2 aliphatic rings. The summed E-state index contributed by atoms with van der Waals surface area (Å²) in [7, 11) is 1.22. The number of hydrogen-bond acceptors (Lipinski definition) is 5. The first-order chi connectivity index (χ1) is 16.7. The first-order valence-corrected chi connectivity index (χ1v) is 11.1. The van der Waals surface area contributed by atoms with Crippen LogP contribution in [0, 0.1) is 18.7 Å². The fourth-order valence-electron chi connectivity index (χ4n) is 4.76. The topological polar surface area (TPSA) is 93.3 Å². The lowest BCUT2D eigenvalue weighted by Gasteiger charge is -2.26. The van der Waals surface area contributed by atoms with Crippen LogP contribution in [-0.2, 0) is 0 Å². The minimum atomic E-state index is -5.64. The standard InChI is InChI=1S/C22H23F7N4O3/c1-9-14-16(33(11-3-4-11)20(35)31-19(14)34)18(36-2)17(15(9)23)32-6-5-10(8-32)12(30)7-13(21(24,25)26)22(27,28)29/h7,10-12H,3-6,8,30H2,1-2H3,(H,31,34,35). The number of halogens is 7. The molecule has 2 atom stereocenters. The van der Waals surface area contributed by atoms with Crippen molar-refractivity contribution in [3.63, 3.8) is 0 Å². The highest BCUT2D eigenvalue weighted by molar-refractivity contribution is 5.93. The zero-order valence-corrected chi connectivity index (χ0v) is 19.2. The van der Waals surface area contributed by atoms with Gasteiger partial charge >= 0.3 is 18.0 Å². The van der Waals surface area contributed by atoms with Crippen molar-refractivity contribution < 1.29 is 35.5 Å². The molecule has 1 saturated heterocycles. The molecule has 4 rings (SSSR count). The van der Waals surface area contributed by atoms with Crippen molar-refractivity contribution in [1.29, 1.82) is 0 Å². The molecule has 1 aromatic heterocycles. The number of aryl methyl sites for hydroxylation is 1. The molecule has 7 nitrogen and oxygen atoms in total. The molecule has 14 heteroatoms. The van der Waals surface area contributed by atoms with Crippen LogP contribution >= 0.6 is 0 Å². The summed E-state index contributed by atoms with van der Waals surface area (Å²) in [6.07, 6.45) is -9.94. The summed E-state index contributed by atoms with van der Waals surface area (Å²) in [6, 6.07) is -1.84. The maximum absolute atomic E-state index is 15.6. The Balaban J connectivity index is 1.79. The van der Waals surface area contributed by atoms with Crippen LogP contribution in [0.1, 0.15) is 30.9 Å². The third-order valence-electron chi connectivity index (χ3n) is 6.66. The van der Waals surface area contributed by atoms with E-state index in [1.165, 1.54) is 23.5 Å². The van der Waals surface area contributed by atoms with Crippen molar-refractivity contribution in [3.8, 4) is 5.75 Å². The van der Waals surface area contributed by atoms with Crippen molar-refractivity contribution in [1.82, 2.24) is 9.55 Å². The van der Waals surface area contributed by atoms with Gasteiger partial charge in [0.2, 0.25) is 0 Å². The van der Waals surface area contributed by atoms with Gasteiger partial charge in [-0.3, -0.25) is 14.3 Å². The highest BCUT2D eigenvalue weighted by Crippen LogP contribution is 2.45. The van der Waals surface area contributed by atoms with Gasteiger partial charge in [-0.05, 0) is 32.1 Å². The van der Waals surface area contributed by atoms with E-state index in [4.69, 9.17) is 10.5 Å². The van der Waals surface area contributed by atoms with Crippen LogP contribution in [0.5, 0.6) is 5.75 Å². The number of methoxy groups -OCH3 is 1. The Kier molecular flexibility index (Phi) is 6.38. The van der Waals surface area contributed by atoms with Gasteiger partial charge < -0.3 is 15.4 Å². The number of benzene rings is 1. The SMILES string of the molecule is COc1c(N2CCC(C(N)C=C(C(F)(F)F)C(F)(F)F)C2)c(F)c(C)c2c(=O)[nH]c(=O)n(C3CC3)c12. The van der Waals surface area contributed by atoms with E-state index in [2.05, 4.69) is 4.98 Å². The molecule has 2 unspecified atom stereocenters. The fraction of sp³-hybridized carbons (Fsp3) is 0.545. The number of nitrogens with two attached hydrogens (primary N) is 1. The molecule has 1 aliphatic carbocycles. The number of aromatic amines is 1. The van der Waals surface area contributed by atoms with Crippen molar-refractivity contribution in [3.05, 3.63) is 43.9 Å². The summed E-state index contributed by atoms with van der Waals surface area (Å²) in [5, 5.41) is -0.0741. The molecule has 0 radical (unpaired) electrons. The molecular weight excluding hydrogens is 501 g/mol. The second-order valence-electron chi connectivity index (χ2n) is 9.05. The lowest BCUT2D eigenvalue weighted by Crippen LogP contribution is -2.35. The van der Waals surface area contributed by atoms with Gasteiger partial charge in [-0.25, -0.2) is 9.18 Å². The maximum atomic E-state index is 15.6. The molecule has 0 bridgehead atoms. The smallest absolute Gasteiger partial charge is 0.421 e. The average molecular weight is 524 g/mol. The maximum Gasteiger partial charge on any atom is 0.421 e. The fourth-order valence-corrected chi connectivity index (χ4v) is 4.76. The van der Waals surface area contributed by atoms with E-state index in [1.54, 1.807) is 0 Å². The number of hydrogen-bond donors (Lipinski definition) is 2. The lowest BCUT2D eigenvalue weighted by molar-refractivity contribution is -0.172. The summed E-state index contributed by atoms with van der Waals surface area (Å²) in [6.45, 7) is 1.23. The van der Waals surface area contributed by atoms with E-state index in [-0.39, 0.29) is 59.5 Å². The summed E-state index contributed by atoms with van der Waals surface area (Å²) in [5.74, 6) is -1.82. The van der Waals surface area contributed by atoms with Gasteiger partial charge in [0.15, 0.2) is 11.6 Å². The number of aromatic nitrogens is 2. The molecule has 1 aliphatic heterocycles. The Morgan fingerprint density at radius 2 is 1.75 bits per heavy atom. The quantitative estimate of drug-likeness (QED) is 0.460. The second-order valence-corrected chi connectivity index (χ2v) is 9.05. The number of fused-ring (bicyclic) bond motifs is 1. The Bertz CT molecular complexity index is 1320. The number of alkyl halides is 6. The molecule has 36 heavy (non-hydrogen) atoms. The van der Waals surface area contributed by atoms with Crippen molar-refractivity contribution >= 4 is 16.6 Å². The van der Waals surface area contributed by atoms with Crippen LogP contribution in [0.25, 0.3) is 10.9 Å². The molecule has 1 saturated carbocycles. The van der Waals surface area contributed by atoms with E-state index < -0.39 is 47.0 Å². The Labute approximate surface area is 199 Å². The number of nitrogens with one attached hydrogen (secondary N) is 1. The Hall–Kier alpha value is -3.03. The normalized spacial score (nSPS) is 19.6. The van der Waals surface area contributed by atoms with Crippen molar-refractivity contribution in [2.45, 2.75) is 50.6 Å². The highest BCUT2D eigenvalue weighted by Gasteiger charge is 2.51. The van der Waals surface area contributed by atoms with Crippen LogP contribution in [-0.4, -0.2) is 48.1 Å². The summed E-state index contributed by atoms with van der Waals surface area (Å²) < 4.78 is 100. The third-order valence-corrected chi connectivity index (χ3v) is 6.66. The van der Waals surface area contributed by atoms with Gasteiger partial charge in [-0.15, -0.1) is 0 Å². The molecular formula is C22H23F7N4O3. The predicted molar refractivity (Wildman–Crippen MR) is 117 cm³/mol. The highest BCUT2D eigenvalue weighted by atomic mass is 19.4. The largest absolute Gasteiger partial charge is 0.492 e. The zero-order chi connectivity index (χ0) is 26.7. The number of rotatable bonds is 5. The van der Waals surface area contributed by atoms with Gasteiger partial charge in [-0.2, -0.15) is 26.3 Å². The minimum Gasteiger partial charge on any atom is -0.492 e. The van der Waals surface area contributed by atoms with Crippen LogP contribution in [0.4, 0.5) is 36.4 Å². The number of allylic oxidation sites excluding steroid dienone is 1. The molecule has 198 valence electrons. The monoisotopic (exact) mass is 524 g/mol. The molecule has 2 aromatic rings. The van der Waals surface area contributed by atoms with Crippen molar-refractivity contribution in [2.24, 2.45) is 11.7 Å². The zero-order valence-electron chi connectivity index (χ0n) is 19.2. The van der Waals surface area contributed by atoms with E-state index in [0.717, 1.165) is 0 Å². The van der Waals surface area contributed by atoms with Gasteiger partial charge in [0.25, 0.3) is 5.56 Å². The average Bonchev–Trinajstić information content (AvgIpc) is 3.47. The Morgan fingerprint density at radius 1 is 1.14 bits per heavy atom. The molecule has 3 N–H and O–H groups in total.